The number of amides is 1. The van der Waals surface area contributed by atoms with Crippen LogP contribution in [-0.2, 0) is 14.8 Å². The van der Waals surface area contributed by atoms with Crippen molar-refractivity contribution in [3.8, 4) is 11.5 Å². The third kappa shape index (κ3) is 5.68. The van der Waals surface area contributed by atoms with Gasteiger partial charge in [0.1, 0.15) is 5.75 Å². The Hall–Kier alpha value is -2.58. The Morgan fingerprint density at radius 3 is 2.39 bits per heavy atom. The maximum atomic E-state index is 13.1. The van der Waals surface area contributed by atoms with Crippen LogP contribution in [0, 0.1) is 5.92 Å². The fourth-order valence-electron chi connectivity index (χ4n) is 3.67. The second-order valence-corrected chi connectivity index (χ2v) is 10.5. The lowest BCUT2D eigenvalue weighted by Gasteiger charge is -2.31. The van der Waals surface area contributed by atoms with Crippen LogP contribution >= 0.6 is 23.2 Å². The van der Waals surface area contributed by atoms with Crippen molar-refractivity contribution < 1.29 is 17.9 Å². The van der Waals surface area contributed by atoms with Gasteiger partial charge in [-0.1, -0.05) is 41.4 Å². The number of ether oxygens (including phenoxy) is 1. The summed E-state index contributed by atoms with van der Waals surface area (Å²) in [4.78, 5) is 13.2. The van der Waals surface area contributed by atoms with E-state index in [-0.39, 0.29) is 17.3 Å². The van der Waals surface area contributed by atoms with E-state index in [1.807, 2.05) is 18.2 Å². The van der Waals surface area contributed by atoms with Crippen molar-refractivity contribution >= 4 is 44.8 Å². The number of nitrogens with zero attached hydrogens (tertiary/aromatic N) is 1. The number of halogens is 2. The van der Waals surface area contributed by atoms with E-state index in [0.29, 0.717) is 46.6 Å². The molecule has 1 heterocycles. The predicted molar refractivity (Wildman–Crippen MR) is 130 cm³/mol. The zero-order valence-corrected chi connectivity index (χ0v) is 19.9. The van der Waals surface area contributed by atoms with Gasteiger partial charge in [0.25, 0.3) is 0 Å². The van der Waals surface area contributed by atoms with Crippen LogP contribution in [0.15, 0.2) is 77.7 Å². The standard InChI is InChI=1S/C24H22Cl2N2O4S/c25-18-8-11-21(12-9-18)33(30,31)28-14-4-5-17(16-28)24(29)27-22-15-19(26)10-13-23(22)32-20-6-2-1-3-7-20/h1-3,6-13,15,17H,4-5,14,16H2,(H,27,29)/t17-/m1/s1. The van der Waals surface area contributed by atoms with Crippen molar-refractivity contribution in [1.29, 1.82) is 0 Å². The van der Waals surface area contributed by atoms with Gasteiger partial charge in [-0.25, -0.2) is 8.42 Å². The molecular weight excluding hydrogens is 483 g/mol. The summed E-state index contributed by atoms with van der Waals surface area (Å²) < 4.78 is 33.3. The molecule has 1 aliphatic heterocycles. The molecule has 1 amide bonds. The molecule has 1 atom stereocenters. The van der Waals surface area contributed by atoms with E-state index >= 15 is 0 Å². The average Bonchev–Trinajstić information content (AvgIpc) is 2.82. The van der Waals surface area contributed by atoms with E-state index in [1.165, 1.54) is 28.6 Å². The smallest absolute Gasteiger partial charge is 0.243 e. The minimum Gasteiger partial charge on any atom is -0.455 e. The number of sulfonamides is 1. The number of piperidine rings is 1. The minimum absolute atomic E-state index is 0.0895. The third-order valence-electron chi connectivity index (χ3n) is 5.38. The van der Waals surface area contributed by atoms with E-state index in [2.05, 4.69) is 5.32 Å². The fraction of sp³-hybridized carbons (Fsp3) is 0.208. The molecule has 0 unspecified atom stereocenters. The summed E-state index contributed by atoms with van der Waals surface area (Å²) in [5.74, 6) is 0.268. The highest BCUT2D eigenvalue weighted by atomic mass is 35.5. The molecule has 3 aromatic rings. The molecule has 9 heteroatoms. The van der Waals surface area contributed by atoms with E-state index in [4.69, 9.17) is 27.9 Å². The third-order valence-corrected chi connectivity index (χ3v) is 7.74. The molecule has 0 radical (unpaired) electrons. The molecule has 0 spiro atoms. The van der Waals surface area contributed by atoms with Gasteiger partial charge in [-0.2, -0.15) is 4.31 Å². The molecule has 1 fully saturated rings. The molecule has 0 bridgehead atoms. The number of para-hydroxylation sites is 1. The minimum atomic E-state index is -3.72. The first-order valence-corrected chi connectivity index (χ1v) is 12.6. The molecule has 0 saturated carbocycles. The second-order valence-electron chi connectivity index (χ2n) is 7.70. The van der Waals surface area contributed by atoms with Crippen LogP contribution in [0.3, 0.4) is 0 Å². The number of benzene rings is 3. The zero-order chi connectivity index (χ0) is 23.4. The molecule has 0 aromatic heterocycles. The van der Waals surface area contributed by atoms with Gasteiger partial charge in [0.15, 0.2) is 5.75 Å². The number of hydrogen-bond acceptors (Lipinski definition) is 4. The van der Waals surface area contributed by atoms with Crippen LogP contribution in [0.5, 0.6) is 11.5 Å². The summed E-state index contributed by atoms with van der Waals surface area (Å²) in [6, 6.07) is 20.2. The molecule has 172 valence electrons. The van der Waals surface area contributed by atoms with Gasteiger partial charge in [-0.05, 0) is 67.4 Å². The normalized spacial score (nSPS) is 16.8. The molecule has 33 heavy (non-hydrogen) atoms. The topological polar surface area (TPSA) is 75.7 Å². The summed E-state index contributed by atoms with van der Waals surface area (Å²) in [5, 5.41) is 3.78. The Labute approximate surface area is 203 Å². The van der Waals surface area contributed by atoms with Crippen molar-refractivity contribution in [3.63, 3.8) is 0 Å². The van der Waals surface area contributed by atoms with E-state index in [0.717, 1.165) is 0 Å². The molecule has 1 aliphatic rings. The first-order chi connectivity index (χ1) is 15.8. The van der Waals surface area contributed by atoms with Crippen LogP contribution < -0.4 is 10.1 Å². The van der Waals surface area contributed by atoms with Gasteiger partial charge in [-0.3, -0.25) is 4.79 Å². The number of carbonyl (C=O) groups excluding carboxylic acids is 1. The van der Waals surface area contributed by atoms with Crippen molar-refractivity contribution in [3.05, 3.63) is 82.8 Å². The lowest BCUT2D eigenvalue weighted by molar-refractivity contribution is -0.120. The quantitative estimate of drug-likeness (QED) is 0.458. The Morgan fingerprint density at radius 1 is 0.970 bits per heavy atom. The summed E-state index contributed by atoms with van der Waals surface area (Å²) in [6.07, 6.45) is 1.15. The Balaban J connectivity index is 1.50. The van der Waals surface area contributed by atoms with Crippen LogP contribution in [0.4, 0.5) is 5.69 Å². The molecule has 3 aromatic carbocycles. The van der Waals surface area contributed by atoms with Gasteiger partial charge in [0, 0.05) is 23.1 Å². The number of carbonyl (C=O) groups is 1. The van der Waals surface area contributed by atoms with Crippen LogP contribution in [-0.4, -0.2) is 31.7 Å². The highest BCUT2D eigenvalue weighted by molar-refractivity contribution is 7.89. The maximum Gasteiger partial charge on any atom is 0.243 e. The summed E-state index contributed by atoms with van der Waals surface area (Å²) in [6.45, 7) is 0.445. The number of anilines is 1. The SMILES string of the molecule is O=C(Nc1cc(Cl)ccc1Oc1ccccc1)[C@@H]1CCCN(S(=O)(=O)c2ccc(Cl)cc2)C1. The molecule has 1 saturated heterocycles. The highest BCUT2D eigenvalue weighted by Gasteiger charge is 2.33. The Bertz CT molecular complexity index is 1240. The predicted octanol–water partition coefficient (Wildman–Crippen LogP) is 5.83. The monoisotopic (exact) mass is 504 g/mol. The number of rotatable bonds is 6. The van der Waals surface area contributed by atoms with E-state index in [1.54, 1.807) is 30.3 Å². The largest absolute Gasteiger partial charge is 0.455 e. The van der Waals surface area contributed by atoms with E-state index in [9.17, 15) is 13.2 Å². The lowest BCUT2D eigenvalue weighted by atomic mass is 9.98. The summed E-state index contributed by atoms with van der Waals surface area (Å²) >= 11 is 12.0. The van der Waals surface area contributed by atoms with Crippen molar-refractivity contribution in [2.24, 2.45) is 5.92 Å². The fourth-order valence-corrected chi connectivity index (χ4v) is 5.49. The van der Waals surface area contributed by atoms with Gasteiger partial charge < -0.3 is 10.1 Å². The molecular formula is C24H22Cl2N2O4S. The van der Waals surface area contributed by atoms with Gasteiger partial charge in [0.2, 0.25) is 15.9 Å². The molecule has 0 aliphatic carbocycles. The molecule has 4 rings (SSSR count). The lowest BCUT2D eigenvalue weighted by Crippen LogP contribution is -2.43. The summed E-state index contributed by atoms with van der Waals surface area (Å²) in [7, 11) is -3.72. The molecule has 6 nitrogen and oxygen atoms in total. The first-order valence-electron chi connectivity index (χ1n) is 10.4. The zero-order valence-electron chi connectivity index (χ0n) is 17.6. The van der Waals surface area contributed by atoms with Crippen molar-refractivity contribution in [2.45, 2.75) is 17.7 Å². The van der Waals surface area contributed by atoms with Crippen LogP contribution in [0.25, 0.3) is 0 Å². The molecule has 1 N–H and O–H groups in total. The Morgan fingerprint density at radius 2 is 1.67 bits per heavy atom. The highest BCUT2D eigenvalue weighted by Crippen LogP contribution is 2.33. The first kappa shape index (κ1) is 23.6. The van der Waals surface area contributed by atoms with Crippen molar-refractivity contribution in [2.75, 3.05) is 18.4 Å². The number of hydrogen-bond donors (Lipinski definition) is 1. The van der Waals surface area contributed by atoms with Crippen LogP contribution in [0.2, 0.25) is 10.0 Å². The maximum absolute atomic E-state index is 13.1. The Kier molecular flexibility index (Phi) is 7.24. The average molecular weight is 505 g/mol. The van der Waals surface area contributed by atoms with Crippen LogP contribution in [0.1, 0.15) is 12.8 Å². The van der Waals surface area contributed by atoms with Gasteiger partial charge in [0.05, 0.1) is 16.5 Å². The van der Waals surface area contributed by atoms with E-state index < -0.39 is 15.9 Å². The second kappa shape index (κ2) is 10.1. The van der Waals surface area contributed by atoms with Gasteiger partial charge >= 0.3 is 0 Å². The summed E-state index contributed by atoms with van der Waals surface area (Å²) in [5.41, 5.74) is 0.425. The van der Waals surface area contributed by atoms with Crippen molar-refractivity contribution in [1.82, 2.24) is 4.31 Å². The number of nitrogens with one attached hydrogen (secondary N) is 1. The van der Waals surface area contributed by atoms with Gasteiger partial charge in [-0.15, -0.1) is 0 Å².